The fraction of sp³-hybridized carbons (Fsp3) is 0.333. The normalized spacial score (nSPS) is 18.1. The molecule has 0 radical (unpaired) electrons. The SMILES string of the molecule is CC1(C)CC(Oc2ccc(C(=O)Nc3ccccc3NC(=O)O)cc2)CCN1. The second-order valence-electron chi connectivity index (χ2n) is 7.50. The largest absolute Gasteiger partial charge is 0.490 e. The number of anilines is 2. The van der Waals surface area contributed by atoms with Crippen LogP contribution in [-0.2, 0) is 0 Å². The average molecular weight is 383 g/mol. The summed E-state index contributed by atoms with van der Waals surface area (Å²) in [5.41, 5.74) is 1.23. The minimum atomic E-state index is -1.19. The van der Waals surface area contributed by atoms with E-state index in [1.165, 1.54) is 0 Å². The summed E-state index contributed by atoms with van der Waals surface area (Å²) < 4.78 is 6.06. The van der Waals surface area contributed by atoms with Crippen LogP contribution in [0, 0.1) is 0 Å². The van der Waals surface area contributed by atoms with Gasteiger partial charge in [-0.15, -0.1) is 0 Å². The standard InChI is InChI=1S/C21H25N3O4/c1-21(2)13-16(11-12-22-21)28-15-9-7-14(8-10-15)19(25)23-17-5-3-4-6-18(17)24-20(26)27/h3-10,16,22,24H,11-13H2,1-2H3,(H,23,25)(H,26,27). The molecule has 28 heavy (non-hydrogen) atoms. The highest BCUT2D eigenvalue weighted by Crippen LogP contribution is 2.25. The molecular weight excluding hydrogens is 358 g/mol. The second kappa shape index (κ2) is 8.31. The van der Waals surface area contributed by atoms with Crippen molar-refractivity contribution in [1.29, 1.82) is 0 Å². The van der Waals surface area contributed by atoms with Crippen molar-refractivity contribution >= 4 is 23.4 Å². The molecule has 0 aliphatic carbocycles. The zero-order valence-electron chi connectivity index (χ0n) is 16.0. The summed E-state index contributed by atoms with van der Waals surface area (Å²) in [6, 6.07) is 13.6. The van der Waals surface area contributed by atoms with Crippen LogP contribution in [-0.4, -0.2) is 35.3 Å². The van der Waals surface area contributed by atoms with Crippen LogP contribution >= 0.6 is 0 Å². The van der Waals surface area contributed by atoms with E-state index in [1.54, 1.807) is 48.5 Å². The first-order valence-corrected chi connectivity index (χ1v) is 9.24. The number of amides is 2. The van der Waals surface area contributed by atoms with Crippen LogP contribution in [0.15, 0.2) is 48.5 Å². The zero-order chi connectivity index (χ0) is 20.1. The molecule has 148 valence electrons. The van der Waals surface area contributed by atoms with Crippen LogP contribution in [0.25, 0.3) is 0 Å². The Morgan fingerprint density at radius 3 is 2.32 bits per heavy atom. The molecule has 0 spiro atoms. The molecule has 1 aliphatic rings. The first kappa shape index (κ1) is 19.7. The third-order valence-corrected chi connectivity index (χ3v) is 4.64. The number of rotatable bonds is 5. The number of nitrogens with one attached hydrogen (secondary N) is 3. The van der Waals surface area contributed by atoms with Gasteiger partial charge in [0.15, 0.2) is 0 Å². The first-order valence-electron chi connectivity index (χ1n) is 9.24. The highest BCUT2D eigenvalue weighted by Gasteiger charge is 2.28. The number of para-hydroxylation sites is 2. The number of ether oxygens (including phenoxy) is 1. The van der Waals surface area contributed by atoms with Crippen molar-refractivity contribution in [1.82, 2.24) is 5.32 Å². The Hall–Kier alpha value is -3.06. The molecule has 1 saturated heterocycles. The van der Waals surface area contributed by atoms with E-state index in [-0.39, 0.29) is 17.6 Å². The number of hydrogen-bond acceptors (Lipinski definition) is 4. The number of hydrogen-bond donors (Lipinski definition) is 4. The summed E-state index contributed by atoms with van der Waals surface area (Å²) in [6.45, 7) is 5.24. The number of benzene rings is 2. The first-order chi connectivity index (χ1) is 13.3. The molecule has 7 heteroatoms. The predicted octanol–water partition coefficient (Wildman–Crippen LogP) is 3.94. The molecular formula is C21H25N3O4. The molecule has 1 heterocycles. The quantitative estimate of drug-likeness (QED) is 0.627. The lowest BCUT2D eigenvalue weighted by Crippen LogP contribution is -2.49. The predicted molar refractivity (Wildman–Crippen MR) is 108 cm³/mol. The van der Waals surface area contributed by atoms with Crippen molar-refractivity contribution in [3.05, 3.63) is 54.1 Å². The third kappa shape index (κ3) is 5.23. The van der Waals surface area contributed by atoms with Gasteiger partial charge in [-0.05, 0) is 63.2 Å². The molecule has 2 aromatic rings. The topological polar surface area (TPSA) is 99.7 Å². The lowest BCUT2D eigenvalue weighted by atomic mass is 9.91. The smallest absolute Gasteiger partial charge is 0.409 e. The van der Waals surface area contributed by atoms with Crippen LogP contribution < -0.4 is 20.7 Å². The molecule has 1 atom stereocenters. The Bertz CT molecular complexity index is 849. The van der Waals surface area contributed by atoms with Crippen molar-refractivity contribution in [3.63, 3.8) is 0 Å². The number of piperidine rings is 1. The lowest BCUT2D eigenvalue weighted by Gasteiger charge is -2.36. The van der Waals surface area contributed by atoms with Gasteiger partial charge in [-0.25, -0.2) is 4.79 Å². The highest BCUT2D eigenvalue weighted by atomic mass is 16.5. The Balaban J connectivity index is 1.64. The van der Waals surface area contributed by atoms with Crippen molar-refractivity contribution in [2.45, 2.75) is 38.3 Å². The Kier molecular flexibility index (Phi) is 5.84. The molecule has 0 saturated carbocycles. The van der Waals surface area contributed by atoms with E-state index in [1.807, 2.05) is 0 Å². The zero-order valence-corrected chi connectivity index (χ0v) is 16.0. The molecule has 1 fully saturated rings. The fourth-order valence-corrected chi connectivity index (χ4v) is 3.30. The van der Waals surface area contributed by atoms with Gasteiger partial charge in [0.1, 0.15) is 11.9 Å². The summed E-state index contributed by atoms with van der Waals surface area (Å²) in [6.07, 6.45) is 0.816. The van der Waals surface area contributed by atoms with E-state index in [0.29, 0.717) is 16.9 Å². The summed E-state index contributed by atoms with van der Waals surface area (Å²) in [4.78, 5) is 23.4. The maximum Gasteiger partial charge on any atom is 0.409 e. The van der Waals surface area contributed by atoms with Crippen LogP contribution in [0.5, 0.6) is 5.75 Å². The van der Waals surface area contributed by atoms with E-state index in [9.17, 15) is 9.59 Å². The van der Waals surface area contributed by atoms with Gasteiger partial charge in [0.2, 0.25) is 0 Å². The van der Waals surface area contributed by atoms with E-state index in [2.05, 4.69) is 29.8 Å². The van der Waals surface area contributed by atoms with E-state index >= 15 is 0 Å². The highest BCUT2D eigenvalue weighted by molar-refractivity contribution is 6.06. The molecule has 0 aromatic heterocycles. The summed E-state index contributed by atoms with van der Waals surface area (Å²) in [5.74, 6) is 0.404. The molecule has 1 aliphatic heterocycles. The van der Waals surface area contributed by atoms with E-state index in [0.717, 1.165) is 25.1 Å². The minimum absolute atomic E-state index is 0.0557. The van der Waals surface area contributed by atoms with Gasteiger partial charge < -0.3 is 20.5 Å². The van der Waals surface area contributed by atoms with E-state index in [4.69, 9.17) is 9.84 Å². The molecule has 0 bridgehead atoms. The average Bonchev–Trinajstić information content (AvgIpc) is 2.62. The van der Waals surface area contributed by atoms with Gasteiger partial charge in [-0.1, -0.05) is 12.1 Å². The molecule has 2 aromatic carbocycles. The van der Waals surface area contributed by atoms with Gasteiger partial charge >= 0.3 is 6.09 Å². The lowest BCUT2D eigenvalue weighted by molar-refractivity contribution is 0.102. The van der Waals surface area contributed by atoms with Crippen molar-refractivity contribution in [2.75, 3.05) is 17.2 Å². The fourth-order valence-electron chi connectivity index (χ4n) is 3.30. The number of carbonyl (C=O) groups excluding carboxylic acids is 1. The van der Waals surface area contributed by atoms with Crippen molar-refractivity contribution in [2.24, 2.45) is 0 Å². The van der Waals surface area contributed by atoms with Crippen LogP contribution in [0.2, 0.25) is 0 Å². The van der Waals surface area contributed by atoms with Gasteiger partial charge in [0, 0.05) is 17.5 Å². The van der Waals surface area contributed by atoms with E-state index < -0.39 is 6.09 Å². The van der Waals surface area contributed by atoms with Gasteiger partial charge in [-0.3, -0.25) is 10.1 Å². The molecule has 7 nitrogen and oxygen atoms in total. The number of carbonyl (C=O) groups is 2. The minimum Gasteiger partial charge on any atom is -0.490 e. The molecule has 4 N–H and O–H groups in total. The van der Waals surface area contributed by atoms with Crippen LogP contribution in [0.4, 0.5) is 16.2 Å². The Morgan fingerprint density at radius 1 is 1.07 bits per heavy atom. The van der Waals surface area contributed by atoms with Crippen LogP contribution in [0.3, 0.4) is 0 Å². The maximum atomic E-state index is 12.5. The van der Waals surface area contributed by atoms with Crippen molar-refractivity contribution in [3.8, 4) is 5.75 Å². The third-order valence-electron chi connectivity index (χ3n) is 4.64. The summed E-state index contributed by atoms with van der Waals surface area (Å²) in [5, 5.41) is 17.4. The molecule has 2 amide bonds. The Labute approximate surface area is 164 Å². The summed E-state index contributed by atoms with van der Waals surface area (Å²) in [7, 11) is 0. The maximum absolute atomic E-state index is 12.5. The van der Waals surface area contributed by atoms with Crippen LogP contribution in [0.1, 0.15) is 37.0 Å². The number of carboxylic acid groups (broad SMARTS) is 1. The molecule has 3 rings (SSSR count). The molecule has 1 unspecified atom stereocenters. The van der Waals surface area contributed by atoms with Gasteiger partial charge in [0.05, 0.1) is 11.4 Å². The summed E-state index contributed by atoms with van der Waals surface area (Å²) >= 11 is 0. The van der Waals surface area contributed by atoms with Gasteiger partial charge in [0.25, 0.3) is 5.91 Å². The van der Waals surface area contributed by atoms with Gasteiger partial charge in [-0.2, -0.15) is 0 Å². The monoisotopic (exact) mass is 383 g/mol. The second-order valence-corrected chi connectivity index (χ2v) is 7.50. The Morgan fingerprint density at radius 2 is 1.71 bits per heavy atom. The van der Waals surface area contributed by atoms with Crippen molar-refractivity contribution < 1.29 is 19.4 Å².